The molecule has 9 atom stereocenters. The maximum absolute atomic E-state index is 12.5. The largest absolute Gasteiger partial charge is 0.463 e. The minimum Gasteiger partial charge on any atom is -0.463 e. The van der Waals surface area contributed by atoms with Crippen molar-refractivity contribution >= 4 is 5.97 Å². The summed E-state index contributed by atoms with van der Waals surface area (Å²) < 4.78 is 10.8. The van der Waals surface area contributed by atoms with Gasteiger partial charge in [-0.15, -0.1) is 0 Å². The number of fused-ring (bicyclic) bond motifs is 9. The number of ether oxygens (including phenoxy) is 2. The van der Waals surface area contributed by atoms with Gasteiger partial charge in [0.1, 0.15) is 6.61 Å². The number of rotatable bonds is 5. The normalized spacial score (nSPS) is 51.3. The molecule has 4 aliphatic carbocycles. The summed E-state index contributed by atoms with van der Waals surface area (Å²) in [4.78, 5) is 12.5. The molecule has 124 valence electrons. The third-order valence-corrected chi connectivity index (χ3v) is 7.82. The van der Waals surface area contributed by atoms with Crippen LogP contribution in [0, 0.1) is 53.3 Å². The lowest BCUT2D eigenvalue weighted by Gasteiger charge is -2.43. The number of carbonyl (C=O) groups is 1. The molecule has 0 aromatic rings. The first-order valence-electron chi connectivity index (χ1n) is 9.37. The summed E-state index contributed by atoms with van der Waals surface area (Å²) in [5.41, 5.74) is 0. The molecule has 0 N–H and O–H groups in total. The molecule has 0 aliphatic heterocycles. The van der Waals surface area contributed by atoms with Crippen molar-refractivity contribution in [1.82, 2.24) is 0 Å². The molecule has 4 bridgehead atoms. The van der Waals surface area contributed by atoms with Gasteiger partial charge in [0.2, 0.25) is 0 Å². The monoisotopic (exact) mass is 306 g/mol. The van der Waals surface area contributed by atoms with Gasteiger partial charge in [0.15, 0.2) is 0 Å². The first-order chi connectivity index (χ1) is 10.6. The van der Waals surface area contributed by atoms with Crippen LogP contribution in [0.2, 0.25) is 0 Å². The van der Waals surface area contributed by atoms with E-state index in [9.17, 15) is 4.79 Å². The Morgan fingerprint density at radius 1 is 0.955 bits per heavy atom. The SMILES string of the molecule is CCOCCOC(=O)C1CC2CC1C1C3CC(C(C)C3C)C21. The lowest BCUT2D eigenvalue weighted by molar-refractivity contribution is -0.154. The third-order valence-electron chi connectivity index (χ3n) is 7.82. The second-order valence-corrected chi connectivity index (χ2v) is 8.30. The molecule has 0 aromatic carbocycles. The Kier molecular flexibility index (Phi) is 3.75. The van der Waals surface area contributed by atoms with E-state index in [4.69, 9.17) is 9.47 Å². The Bertz CT molecular complexity index is 448. The second-order valence-electron chi connectivity index (χ2n) is 8.30. The van der Waals surface area contributed by atoms with Gasteiger partial charge in [-0.1, -0.05) is 13.8 Å². The maximum atomic E-state index is 12.5. The van der Waals surface area contributed by atoms with E-state index < -0.39 is 0 Å². The van der Waals surface area contributed by atoms with Crippen molar-refractivity contribution in [2.75, 3.05) is 19.8 Å². The molecule has 22 heavy (non-hydrogen) atoms. The standard InChI is InChI=1S/C19H30O3/c1-4-21-5-6-22-19(20)16-8-12-7-15(16)18-14-9-13(17(12)18)10(2)11(14)3/h10-18H,4-9H2,1-3H3. The van der Waals surface area contributed by atoms with Gasteiger partial charge in [-0.05, 0) is 73.5 Å². The van der Waals surface area contributed by atoms with Crippen LogP contribution >= 0.6 is 0 Å². The molecule has 4 rings (SSSR count). The minimum absolute atomic E-state index is 0.0640. The summed E-state index contributed by atoms with van der Waals surface area (Å²) in [5.74, 6) is 7.07. The van der Waals surface area contributed by atoms with Crippen LogP contribution in [0.15, 0.2) is 0 Å². The zero-order chi connectivity index (χ0) is 15.4. The van der Waals surface area contributed by atoms with Crippen molar-refractivity contribution in [3.63, 3.8) is 0 Å². The van der Waals surface area contributed by atoms with E-state index >= 15 is 0 Å². The second kappa shape index (κ2) is 5.51. The van der Waals surface area contributed by atoms with Gasteiger partial charge in [-0.2, -0.15) is 0 Å². The number of carbonyl (C=O) groups excluding carboxylic acids is 1. The highest BCUT2D eigenvalue weighted by atomic mass is 16.6. The van der Waals surface area contributed by atoms with Crippen molar-refractivity contribution in [1.29, 1.82) is 0 Å². The molecule has 0 amide bonds. The molecule has 4 aliphatic rings. The fraction of sp³-hybridized carbons (Fsp3) is 0.947. The van der Waals surface area contributed by atoms with Crippen LogP contribution in [0.1, 0.15) is 40.0 Å². The molecule has 0 saturated heterocycles. The highest BCUT2D eigenvalue weighted by Gasteiger charge is 2.66. The van der Waals surface area contributed by atoms with Crippen molar-refractivity contribution in [3.8, 4) is 0 Å². The average molecular weight is 306 g/mol. The van der Waals surface area contributed by atoms with Crippen LogP contribution in [0.4, 0.5) is 0 Å². The quantitative estimate of drug-likeness (QED) is 0.444. The zero-order valence-electron chi connectivity index (χ0n) is 14.2. The van der Waals surface area contributed by atoms with Gasteiger partial charge in [-0.25, -0.2) is 0 Å². The fourth-order valence-corrected chi connectivity index (χ4v) is 6.95. The Morgan fingerprint density at radius 3 is 2.41 bits per heavy atom. The lowest BCUT2D eigenvalue weighted by Crippen LogP contribution is -2.41. The first kappa shape index (κ1) is 15.0. The molecular weight excluding hydrogens is 276 g/mol. The van der Waals surface area contributed by atoms with Crippen molar-refractivity contribution in [2.24, 2.45) is 53.3 Å². The van der Waals surface area contributed by atoms with E-state index in [1.807, 2.05) is 6.92 Å². The Balaban J connectivity index is 1.40. The summed E-state index contributed by atoms with van der Waals surface area (Å²) in [5, 5.41) is 0. The maximum Gasteiger partial charge on any atom is 0.309 e. The Hall–Kier alpha value is -0.570. The molecule has 0 heterocycles. The fourth-order valence-electron chi connectivity index (χ4n) is 6.95. The third kappa shape index (κ3) is 2.00. The topological polar surface area (TPSA) is 35.5 Å². The van der Waals surface area contributed by atoms with Crippen molar-refractivity contribution in [2.45, 2.75) is 40.0 Å². The van der Waals surface area contributed by atoms with Gasteiger partial charge in [0, 0.05) is 6.61 Å². The first-order valence-corrected chi connectivity index (χ1v) is 9.37. The van der Waals surface area contributed by atoms with Gasteiger partial charge in [0.05, 0.1) is 12.5 Å². The molecule has 0 aromatic heterocycles. The zero-order valence-corrected chi connectivity index (χ0v) is 14.2. The van der Waals surface area contributed by atoms with Crippen molar-refractivity contribution < 1.29 is 14.3 Å². The Morgan fingerprint density at radius 2 is 1.68 bits per heavy atom. The van der Waals surface area contributed by atoms with Crippen molar-refractivity contribution in [3.05, 3.63) is 0 Å². The predicted molar refractivity (Wildman–Crippen MR) is 84.1 cm³/mol. The van der Waals surface area contributed by atoms with E-state index in [0.29, 0.717) is 25.7 Å². The van der Waals surface area contributed by atoms with Gasteiger partial charge in [-0.3, -0.25) is 4.79 Å². The molecule has 9 unspecified atom stereocenters. The predicted octanol–water partition coefficient (Wildman–Crippen LogP) is 3.38. The van der Waals surface area contributed by atoms with Gasteiger partial charge < -0.3 is 9.47 Å². The lowest BCUT2D eigenvalue weighted by atomic mass is 9.62. The van der Waals surface area contributed by atoms with Crippen LogP contribution in [0.25, 0.3) is 0 Å². The minimum atomic E-state index is 0.0640. The van der Waals surface area contributed by atoms with E-state index in [1.165, 1.54) is 12.8 Å². The molecule has 0 radical (unpaired) electrons. The highest BCUT2D eigenvalue weighted by Crippen LogP contribution is 2.71. The molecule has 3 heteroatoms. The summed E-state index contributed by atoms with van der Waals surface area (Å²) in [6.45, 7) is 8.54. The number of hydrogen-bond acceptors (Lipinski definition) is 3. The molecule has 4 fully saturated rings. The average Bonchev–Trinajstić information content (AvgIpc) is 3.23. The summed E-state index contributed by atoms with van der Waals surface area (Å²) in [7, 11) is 0. The number of esters is 1. The summed E-state index contributed by atoms with van der Waals surface area (Å²) in [6.07, 6.45) is 3.84. The number of hydrogen-bond donors (Lipinski definition) is 0. The van der Waals surface area contributed by atoms with E-state index in [2.05, 4.69) is 13.8 Å². The van der Waals surface area contributed by atoms with Crippen LogP contribution in [-0.2, 0) is 14.3 Å². The van der Waals surface area contributed by atoms with Gasteiger partial charge >= 0.3 is 5.97 Å². The molecule has 0 spiro atoms. The van der Waals surface area contributed by atoms with E-state index in [-0.39, 0.29) is 11.9 Å². The van der Waals surface area contributed by atoms with Gasteiger partial charge in [0.25, 0.3) is 0 Å². The summed E-state index contributed by atoms with van der Waals surface area (Å²) >= 11 is 0. The van der Waals surface area contributed by atoms with E-state index in [0.717, 1.165) is 47.8 Å². The van der Waals surface area contributed by atoms with Crippen LogP contribution in [0.3, 0.4) is 0 Å². The van der Waals surface area contributed by atoms with Crippen LogP contribution < -0.4 is 0 Å². The Labute approximate surface area is 134 Å². The molecule has 4 saturated carbocycles. The van der Waals surface area contributed by atoms with Crippen LogP contribution in [0.5, 0.6) is 0 Å². The van der Waals surface area contributed by atoms with Crippen LogP contribution in [-0.4, -0.2) is 25.8 Å². The smallest absolute Gasteiger partial charge is 0.309 e. The summed E-state index contributed by atoms with van der Waals surface area (Å²) in [6, 6.07) is 0. The molecule has 3 nitrogen and oxygen atoms in total. The highest BCUT2D eigenvalue weighted by molar-refractivity contribution is 5.73. The molecular formula is C19H30O3. The van der Waals surface area contributed by atoms with E-state index in [1.54, 1.807) is 0 Å².